The van der Waals surface area contributed by atoms with Gasteiger partial charge < -0.3 is 35.0 Å². The van der Waals surface area contributed by atoms with Crippen LogP contribution in [0.5, 0.6) is 23.0 Å². The van der Waals surface area contributed by atoms with E-state index in [4.69, 9.17) is 9.47 Å². The monoisotopic (exact) mass is 1170 g/mol. The second-order valence-electron chi connectivity index (χ2n) is 15.5. The van der Waals surface area contributed by atoms with Crippen molar-refractivity contribution in [1.82, 2.24) is 0 Å². The van der Waals surface area contributed by atoms with E-state index >= 15 is 0 Å². The maximum absolute atomic E-state index is 13.4. The Kier molecular flexibility index (Phi) is 15.7. The number of rotatable bonds is 20. The van der Waals surface area contributed by atoms with Gasteiger partial charge in [0.15, 0.2) is 16.4 Å². The number of aliphatic hydroxyl groups is 2. The van der Waals surface area contributed by atoms with E-state index in [0.717, 1.165) is 66.1 Å². The second-order valence-corrected chi connectivity index (χ2v) is 22.5. The van der Waals surface area contributed by atoms with E-state index in [2.05, 4.69) is 31.0 Å². The van der Waals surface area contributed by atoms with Gasteiger partial charge in [0.05, 0.1) is 39.8 Å². The van der Waals surface area contributed by atoms with Crippen molar-refractivity contribution in [3.8, 4) is 23.0 Å². The van der Waals surface area contributed by atoms with E-state index in [1.54, 1.807) is 0 Å². The van der Waals surface area contributed by atoms with Crippen molar-refractivity contribution >= 4 is 124 Å². The van der Waals surface area contributed by atoms with E-state index in [1.165, 1.54) is 0 Å². The number of hydrogen-bond acceptors (Lipinski definition) is 24. The zero-order valence-electron chi connectivity index (χ0n) is 37.9. The number of fused-ring (bicyclic) bond motifs is 2. The number of nitrogens with zero attached hydrogens (tertiary/aromatic N) is 6. The number of carbonyl (C=O) groups is 2. The quantitative estimate of drug-likeness (QED) is 0.0130. The lowest BCUT2D eigenvalue weighted by Crippen LogP contribution is -2.83. The number of aliphatic hydroxyl groups excluding tert-OH is 2. The molecule has 6 aromatic carbocycles. The third-order valence-electron chi connectivity index (χ3n) is 10.5. The van der Waals surface area contributed by atoms with Crippen LogP contribution in [-0.2, 0) is 60.2 Å². The molecule has 0 saturated carbocycles. The van der Waals surface area contributed by atoms with Crippen LogP contribution in [0.2, 0.25) is 0 Å². The Morgan fingerprint density at radius 2 is 1.23 bits per heavy atom. The zero-order chi connectivity index (χ0) is 56.7. The number of ether oxygens (including phenoxy) is 2. The molecule has 1 heterocycles. The van der Waals surface area contributed by atoms with Gasteiger partial charge in [-0.25, -0.2) is 15.6 Å². The number of nitrogens with one attached hydrogen (secondary N) is 1. The number of amides is 1. The molecule has 0 aliphatic carbocycles. The Labute approximate surface area is 431 Å². The molecule has 1 unspecified atom stereocenters. The van der Waals surface area contributed by atoms with Gasteiger partial charge in [0.2, 0.25) is 11.7 Å². The van der Waals surface area contributed by atoms with Gasteiger partial charge in [0, 0.05) is 34.4 Å². The summed E-state index contributed by atoms with van der Waals surface area (Å²) in [4.78, 5) is 20.5. The molecule has 0 spiro atoms. The SMILES string of the molecule is O=C(O)C1=NN(c2ccc(S(=O)(=O)O)cc2)C(=O)C1N=Nc1ccc2c(O)c([NH2+]Nc3cc(OCCO)c(N=Nc4ccc(S(=O)(=O)O)c5cc(S(=O)(=O)O)cc(O)c45)cc3OCCO)c(S(=O)(=O)O)cc2c1S(=O)(=O)O. The van der Waals surface area contributed by atoms with E-state index in [1.807, 2.05) is 0 Å². The molecule has 13 N–H and O–H groups in total. The number of nitrogens with two attached hydrogens (primary N) is 1. The predicted molar refractivity (Wildman–Crippen MR) is 259 cm³/mol. The molecule has 1 amide bonds. The number of aromatic hydroxyl groups is 2. The van der Waals surface area contributed by atoms with Crippen molar-refractivity contribution in [3.63, 3.8) is 0 Å². The standard InChI is InChI=1S/C40H34N8O24S5/c49-9-11-71-29-17-27(30(72-12-10-50)16-26(29)43-41-24-7-8-31(75(62,63)64)23-13-20(74(59,60)61)14-28(51)33(23)24)44-45-34-32(76(65,66)67)15-22-21(37(34)52)5-6-25(38(22)77(68,69)70)42-46-35-36(40(54)55)47-48(39(35)53)18-1-3-19(4-2-18)73(56,57)58/h1-8,13-17,35,44-45,49-52H,9-12H2,(H,54,55)(H,56,57,58)(H,59,60,61)(H,62,63,64)(H,65,66,67)(H,68,69,70)/p+1. The van der Waals surface area contributed by atoms with E-state index < -0.39 is 170 Å². The maximum atomic E-state index is 13.4. The lowest BCUT2D eigenvalue weighted by atomic mass is 10.1. The van der Waals surface area contributed by atoms with Gasteiger partial charge in [0.25, 0.3) is 46.4 Å². The minimum absolute atomic E-state index is 0.228. The van der Waals surface area contributed by atoms with Gasteiger partial charge in [-0.3, -0.25) is 27.6 Å². The van der Waals surface area contributed by atoms with Crippen LogP contribution >= 0.6 is 0 Å². The predicted octanol–water partition coefficient (Wildman–Crippen LogP) is 1.96. The number of nitrogen functional groups attached to an aromatic ring is 1. The summed E-state index contributed by atoms with van der Waals surface area (Å²) in [5.74, 6) is -5.74. The van der Waals surface area contributed by atoms with Crippen molar-refractivity contribution in [1.29, 1.82) is 0 Å². The second kappa shape index (κ2) is 21.2. The summed E-state index contributed by atoms with van der Waals surface area (Å²) >= 11 is 0. The number of anilines is 2. The summed E-state index contributed by atoms with van der Waals surface area (Å²) in [5.41, 5.74) is -0.517. The van der Waals surface area contributed by atoms with Crippen LogP contribution in [0.4, 0.5) is 34.1 Å². The number of benzene rings is 6. The summed E-state index contributed by atoms with van der Waals surface area (Å²) < 4.78 is 184. The number of aliphatic carboxylic acids is 1. The van der Waals surface area contributed by atoms with E-state index in [0.29, 0.717) is 23.2 Å². The third kappa shape index (κ3) is 12.0. The lowest BCUT2D eigenvalue weighted by molar-refractivity contribution is -0.541. The maximum Gasteiger partial charge on any atom is 0.355 e. The number of hydrazone groups is 1. The van der Waals surface area contributed by atoms with Gasteiger partial charge in [-0.15, -0.1) is 10.2 Å². The molecule has 408 valence electrons. The number of carboxylic acid groups (broad SMARTS) is 1. The lowest BCUT2D eigenvalue weighted by Gasteiger charge is -2.17. The summed E-state index contributed by atoms with van der Waals surface area (Å²) in [5, 5.41) is 68.4. The molecule has 1 aliphatic rings. The van der Waals surface area contributed by atoms with Crippen molar-refractivity contribution < 1.29 is 115 Å². The van der Waals surface area contributed by atoms with Crippen LogP contribution in [0.1, 0.15) is 0 Å². The van der Waals surface area contributed by atoms with Crippen molar-refractivity contribution in [2.75, 3.05) is 36.9 Å². The first kappa shape index (κ1) is 56.8. The average molecular weight is 1170 g/mol. The first-order valence-corrected chi connectivity index (χ1v) is 27.9. The molecular weight excluding hydrogens is 1140 g/mol. The smallest absolute Gasteiger partial charge is 0.355 e. The molecule has 0 aromatic heterocycles. The van der Waals surface area contributed by atoms with Gasteiger partial charge in [-0.1, -0.05) is 0 Å². The molecule has 0 fully saturated rings. The first-order chi connectivity index (χ1) is 35.8. The Hall–Kier alpha value is -7.92. The number of phenolic OH excluding ortho intramolecular Hbond substituents is 2. The minimum atomic E-state index is -5.59. The Morgan fingerprint density at radius 1 is 0.636 bits per heavy atom. The van der Waals surface area contributed by atoms with E-state index in [-0.39, 0.29) is 34.2 Å². The Morgan fingerprint density at radius 3 is 1.81 bits per heavy atom. The number of quaternary nitrogens is 1. The fourth-order valence-corrected chi connectivity index (χ4v) is 10.5. The van der Waals surface area contributed by atoms with E-state index in [9.17, 15) is 100.0 Å². The fourth-order valence-electron chi connectivity index (χ4n) is 7.28. The number of carboxylic acids is 1. The average Bonchev–Trinajstić information content (AvgIpc) is 3.74. The van der Waals surface area contributed by atoms with Gasteiger partial charge in [0.1, 0.15) is 57.3 Å². The van der Waals surface area contributed by atoms with Crippen LogP contribution in [0.15, 0.2) is 129 Å². The minimum Gasteiger partial charge on any atom is -0.507 e. The molecule has 37 heteroatoms. The Bertz CT molecular complexity index is 4140. The van der Waals surface area contributed by atoms with Crippen LogP contribution < -0.4 is 25.3 Å². The highest BCUT2D eigenvalue weighted by molar-refractivity contribution is 7.87. The highest BCUT2D eigenvalue weighted by Crippen LogP contribution is 2.45. The van der Waals surface area contributed by atoms with Crippen LogP contribution in [0.3, 0.4) is 0 Å². The highest BCUT2D eigenvalue weighted by atomic mass is 32.2. The molecule has 32 nitrogen and oxygen atoms in total. The summed E-state index contributed by atoms with van der Waals surface area (Å²) in [6, 6.07) is 8.70. The van der Waals surface area contributed by atoms with Crippen molar-refractivity contribution in [2.45, 2.75) is 30.5 Å². The normalized spacial score (nSPS) is 14.7. The number of carbonyl (C=O) groups excluding carboxylic acids is 1. The zero-order valence-corrected chi connectivity index (χ0v) is 42.0. The number of hydrogen-bond donors (Lipinski definition) is 12. The summed E-state index contributed by atoms with van der Waals surface area (Å²) in [7, 11) is -26.0. The van der Waals surface area contributed by atoms with Crippen LogP contribution in [0.25, 0.3) is 21.5 Å². The van der Waals surface area contributed by atoms with Crippen molar-refractivity contribution in [3.05, 3.63) is 78.9 Å². The Balaban J connectivity index is 1.29. The number of azo groups is 2. The molecule has 0 radical (unpaired) electrons. The molecule has 0 bridgehead atoms. The van der Waals surface area contributed by atoms with Crippen LogP contribution in [0, 0.1) is 0 Å². The molecular formula is C40H35N8O24S5+. The third-order valence-corrected chi connectivity index (χ3v) is 15.0. The topological polar surface area (TPSA) is 519 Å². The number of phenols is 2. The van der Waals surface area contributed by atoms with Crippen LogP contribution in [-0.4, -0.2) is 140 Å². The molecule has 0 saturated heterocycles. The van der Waals surface area contributed by atoms with Crippen molar-refractivity contribution in [2.24, 2.45) is 25.6 Å². The first-order valence-electron chi connectivity index (χ1n) is 20.7. The molecule has 7 rings (SSSR count). The molecule has 77 heavy (non-hydrogen) atoms. The summed E-state index contributed by atoms with van der Waals surface area (Å²) in [6.45, 7) is -2.17. The highest BCUT2D eigenvalue weighted by Gasteiger charge is 2.41. The van der Waals surface area contributed by atoms with Gasteiger partial charge in [-0.2, -0.15) is 62.4 Å². The molecule has 1 atom stereocenters. The van der Waals surface area contributed by atoms with Gasteiger partial charge >= 0.3 is 16.1 Å². The molecule has 6 aromatic rings. The van der Waals surface area contributed by atoms with Gasteiger partial charge in [-0.05, 0) is 60.7 Å². The summed E-state index contributed by atoms with van der Waals surface area (Å²) in [6.07, 6.45) is 0. The fraction of sp³-hybridized carbons (Fsp3) is 0.125. The largest absolute Gasteiger partial charge is 0.507 e. The molecule has 1 aliphatic heterocycles.